The molecule has 0 aliphatic carbocycles. The third-order valence-electron chi connectivity index (χ3n) is 0.785. The first-order valence-corrected chi connectivity index (χ1v) is 6.47. The molecular weight excluding hydrogens is 149 g/mol. The smallest absolute Gasteiger partial charge is 0.306 e. The predicted molar refractivity (Wildman–Crippen MR) is 37.0 cm³/mol. The third kappa shape index (κ3) is 3.35. The Balaban J connectivity index is 3.54. The number of halogens is 2. The molecule has 0 heterocycles. The summed E-state index contributed by atoms with van der Waals surface area (Å²) in [6, 6.07) is 0. The van der Waals surface area contributed by atoms with Gasteiger partial charge in [0.25, 0.3) is 0 Å². The van der Waals surface area contributed by atoms with E-state index >= 15 is 0 Å². The van der Waals surface area contributed by atoms with Crippen LogP contribution in [0.2, 0.25) is 6.55 Å². The second-order valence-corrected chi connectivity index (χ2v) is 9.31. The van der Waals surface area contributed by atoms with E-state index in [1.807, 2.05) is 25.2 Å². The second kappa shape index (κ2) is 2.35. The van der Waals surface area contributed by atoms with Gasteiger partial charge in [0.15, 0.2) is 0 Å². The average Bonchev–Trinajstić information content (AvgIpc) is 1.31. The van der Waals surface area contributed by atoms with Gasteiger partial charge in [-0.2, -0.15) is 0 Å². The predicted octanol–water partition coefficient (Wildman–Crippen LogP) is 1.59. The van der Waals surface area contributed by atoms with Crippen LogP contribution in [0.3, 0.4) is 0 Å². The largest absolute Gasteiger partial charge is 0.321 e. The number of rotatable bonds is 1. The molecule has 0 unspecified atom stereocenters. The summed E-state index contributed by atoms with van der Waals surface area (Å²) in [5, 5.41) is 0. The van der Waals surface area contributed by atoms with Crippen molar-refractivity contribution in [1.29, 1.82) is 0 Å². The zero-order valence-electron chi connectivity index (χ0n) is 4.70. The van der Waals surface area contributed by atoms with Gasteiger partial charge in [-0.1, -0.05) is 0 Å². The molecule has 44 valence electrons. The van der Waals surface area contributed by atoms with Crippen LogP contribution in [-0.4, -0.2) is 25.5 Å². The summed E-state index contributed by atoms with van der Waals surface area (Å²) in [5.74, 6) is 0. The van der Waals surface area contributed by atoms with Crippen LogP contribution in [0.25, 0.3) is 0 Å². The second-order valence-electron chi connectivity index (χ2n) is 1.74. The average molecular weight is 158 g/mol. The number of hydrogen-bond donors (Lipinski definition) is 0. The van der Waals surface area contributed by atoms with E-state index in [0.29, 0.717) is 0 Å². The van der Waals surface area contributed by atoms with Crippen LogP contribution >= 0.6 is 22.2 Å². The highest BCUT2D eigenvalue weighted by molar-refractivity contribution is 7.43. The maximum atomic E-state index is 5.70. The quantitative estimate of drug-likeness (QED) is 0.413. The van der Waals surface area contributed by atoms with Crippen molar-refractivity contribution in [2.24, 2.45) is 0 Å². The lowest BCUT2D eigenvalue weighted by Gasteiger charge is -2.18. The monoisotopic (exact) mass is 157 g/mol. The minimum Gasteiger partial charge on any atom is -0.306 e. The molecule has 0 aliphatic rings. The molecule has 7 heavy (non-hydrogen) atoms. The molecular formula is C3H9Cl2NSi. The van der Waals surface area contributed by atoms with Gasteiger partial charge in [-0.25, -0.2) is 0 Å². The van der Waals surface area contributed by atoms with Crippen molar-refractivity contribution in [2.45, 2.75) is 6.55 Å². The molecule has 0 bridgehead atoms. The molecule has 0 aromatic carbocycles. The van der Waals surface area contributed by atoms with Crippen molar-refractivity contribution in [1.82, 2.24) is 4.57 Å². The summed E-state index contributed by atoms with van der Waals surface area (Å²) in [5.41, 5.74) is 0. The first-order valence-electron chi connectivity index (χ1n) is 2.00. The molecule has 1 nitrogen and oxygen atoms in total. The first-order chi connectivity index (χ1) is 2.94. The minimum atomic E-state index is -1.96. The summed E-state index contributed by atoms with van der Waals surface area (Å²) in [7, 11) is 3.76. The fourth-order valence-electron chi connectivity index (χ4n) is 0. The fourth-order valence-corrected chi connectivity index (χ4v) is 0. The minimum absolute atomic E-state index is 1.86. The van der Waals surface area contributed by atoms with Crippen LogP contribution in [0.5, 0.6) is 0 Å². The van der Waals surface area contributed by atoms with E-state index in [1.54, 1.807) is 0 Å². The Morgan fingerprint density at radius 1 is 1.29 bits per heavy atom. The maximum Gasteiger partial charge on any atom is 0.321 e. The Labute approximate surface area is 54.7 Å². The van der Waals surface area contributed by atoms with E-state index in [4.69, 9.17) is 22.2 Å². The summed E-state index contributed by atoms with van der Waals surface area (Å²) in [6.07, 6.45) is 0. The molecule has 0 aliphatic heterocycles. The lowest BCUT2D eigenvalue weighted by atomic mass is 11.3. The first kappa shape index (κ1) is 7.76. The van der Waals surface area contributed by atoms with Crippen molar-refractivity contribution in [2.75, 3.05) is 14.1 Å². The Bertz CT molecular complexity index is 58.4. The Morgan fingerprint density at radius 2 is 1.43 bits per heavy atom. The molecule has 0 aromatic rings. The molecule has 0 amide bonds. The number of hydrogen-bond acceptors (Lipinski definition) is 1. The zero-order chi connectivity index (χ0) is 6.08. The Kier molecular flexibility index (Phi) is 2.61. The fraction of sp³-hybridized carbons (Fsp3) is 1.00. The van der Waals surface area contributed by atoms with Crippen LogP contribution in [0, 0.1) is 0 Å². The van der Waals surface area contributed by atoms with Gasteiger partial charge in [0.1, 0.15) is 0 Å². The lowest BCUT2D eigenvalue weighted by Crippen LogP contribution is -2.34. The van der Waals surface area contributed by atoms with Gasteiger partial charge >= 0.3 is 6.86 Å². The van der Waals surface area contributed by atoms with Crippen molar-refractivity contribution in [3.05, 3.63) is 0 Å². The lowest BCUT2D eigenvalue weighted by molar-refractivity contribution is 0.652. The number of nitrogens with zero attached hydrogens (tertiary/aromatic N) is 1. The van der Waals surface area contributed by atoms with Crippen LogP contribution in [-0.2, 0) is 0 Å². The van der Waals surface area contributed by atoms with Crippen molar-refractivity contribution in [3.8, 4) is 0 Å². The molecule has 4 heteroatoms. The van der Waals surface area contributed by atoms with Crippen LogP contribution in [0.4, 0.5) is 0 Å². The molecule has 0 rings (SSSR count). The summed E-state index contributed by atoms with van der Waals surface area (Å²) >= 11 is 11.4. The third-order valence-corrected chi connectivity index (χ3v) is 4.38. The summed E-state index contributed by atoms with van der Waals surface area (Å²) in [6.45, 7) is -0.0995. The highest BCUT2D eigenvalue weighted by Crippen LogP contribution is 2.14. The van der Waals surface area contributed by atoms with Crippen molar-refractivity contribution < 1.29 is 0 Å². The van der Waals surface area contributed by atoms with Crippen LogP contribution in [0.15, 0.2) is 0 Å². The molecule has 0 fully saturated rings. The van der Waals surface area contributed by atoms with Gasteiger partial charge in [-0.3, -0.25) is 0 Å². The molecule has 0 spiro atoms. The van der Waals surface area contributed by atoms with E-state index in [1.165, 1.54) is 0 Å². The zero-order valence-corrected chi connectivity index (χ0v) is 7.22. The molecule has 0 saturated carbocycles. The van der Waals surface area contributed by atoms with Gasteiger partial charge in [0.05, 0.1) is 0 Å². The van der Waals surface area contributed by atoms with Crippen LogP contribution < -0.4 is 0 Å². The van der Waals surface area contributed by atoms with Crippen molar-refractivity contribution in [3.63, 3.8) is 0 Å². The van der Waals surface area contributed by atoms with Gasteiger partial charge in [-0.05, 0) is 20.6 Å². The molecule has 0 radical (unpaired) electrons. The van der Waals surface area contributed by atoms with Crippen molar-refractivity contribution >= 4 is 29.0 Å². The topological polar surface area (TPSA) is 3.24 Å². The van der Waals surface area contributed by atoms with E-state index in [0.717, 1.165) is 0 Å². The Morgan fingerprint density at radius 3 is 1.43 bits per heavy atom. The standard InChI is InChI=1S/C3H9Cl2NSi/c1-6(2)7(3,4)5/h1-3H3. The Hall–Kier alpha value is 0.757. The van der Waals surface area contributed by atoms with Gasteiger partial charge < -0.3 is 4.57 Å². The highest BCUT2D eigenvalue weighted by Gasteiger charge is 2.23. The van der Waals surface area contributed by atoms with Crippen LogP contribution in [0.1, 0.15) is 0 Å². The van der Waals surface area contributed by atoms with Gasteiger partial charge in [0, 0.05) is 0 Å². The molecule has 0 aromatic heterocycles. The maximum absolute atomic E-state index is 5.70. The van der Waals surface area contributed by atoms with E-state index in [-0.39, 0.29) is 0 Å². The molecule has 0 N–H and O–H groups in total. The van der Waals surface area contributed by atoms with Gasteiger partial charge in [0.2, 0.25) is 0 Å². The normalized spacial score (nSPS) is 12.9. The molecule has 0 atom stereocenters. The van der Waals surface area contributed by atoms with Gasteiger partial charge in [-0.15, -0.1) is 22.2 Å². The summed E-state index contributed by atoms with van der Waals surface area (Å²) in [4.78, 5) is 0. The van der Waals surface area contributed by atoms with E-state index < -0.39 is 6.86 Å². The summed E-state index contributed by atoms with van der Waals surface area (Å²) < 4.78 is 1.86. The van der Waals surface area contributed by atoms with E-state index in [9.17, 15) is 0 Å². The van der Waals surface area contributed by atoms with E-state index in [2.05, 4.69) is 0 Å². The highest BCUT2D eigenvalue weighted by atomic mass is 35.7. The molecule has 0 saturated heterocycles. The SMILES string of the molecule is CN(C)[Si](C)(Cl)Cl.